The predicted octanol–water partition coefficient (Wildman–Crippen LogP) is 13.5. The molecule has 0 aliphatic heterocycles. The summed E-state index contributed by atoms with van der Waals surface area (Å²) in [5, 5.41) is 2.18. The van der Waals surface area contributed by atoms with Crippen molar-refractivity contribution in [3.8, 4) is 21.1 Å². The molecule has 0 spiro atoms. The van der Waals surface area contributed by atoms with Crippen molar-refractivity contribution in [2.24, 2.45) is 0 Å². The van der Waals surface area contributed by atoms with Gasteiger partial charge in [-0.15, -0.1) is 22.7 Å². The van der Waals surface area contributed by atoms with Crippen LogP contribution in [0.4, 0.5) is 50.4 Å². The average molecular weight is 785 g/mol. The molecule has 0 saturated heterocycles. The molecular weight excluding hydrogens is 758 g/mol. The van der Waals surface area contributed by atoms with Crippen molar-refractivity contribution < 1.29 is 59.5 Å². The first-order chi connectivity index (χ1) is 22.2. The number of rotatable bonds is 8. The van der Waals surface area contributed by atoms with Crippen LogP contribution in [0.2, 0.25) is 0 Å². The summed E-state index contributed by atoms with van der Waals surface area (Å²) in [6, 6.07) is 25.4. The fourth-order valence-electron chi connectivity index (χ4n) is 4.25. The number of fused-ring (bicyclic) bond motifs is 2. The third kappa shape index (κ3) is 16.2. The maximum absolute atomic E-state index is 10.7. The summed E-state index contributed by atoms with van der Waals surface area (Å²) < 4.78 is 125. The number of para-hydroxylation sites is 2. The Balaban J connectivity index is 0.000000327. The molecule has 0 aliphatic rings. The SMILES string of the molecule is F[P-](F)(F)(F)(F)F.F[P-](F)(F)(F)(F)F.c1ccc2sc(-c3cc[n+](CCCCC[n+]4ccc(-c5nc6ccccc6s5)cc4)cc3)nc2c1. The zero-order valence-corrected chi connectivity index (χ0v) is 28.2. The number of aromatic nitrogens is 4. The van der Waals surface area contributed by atoms with Crippen LogP contribution in [0.5, 0.6) is 0 Å². The van der Waals surface area contributed by atoms with Gasteiger partial charge in [0, 0.05) is 48.2 Å². The maximum Gasteiger partial charge on any atom is 0.169 e. The zero-order chi connectivity index (χ0) is 36.3. The van der Waals surface area contributed by atoms with E-state index in [0.717, 1.165) is 34.1 Å². The van der Waals surface area contributed by atoms with Crippen LogP contribution in [-0.2, 0) is 13.1 Å². The van der Waals surface area contributed by atoms with Gasteiger partial charge in [-0.2, -0.15) is 0 Å². The fraction of sp³-hybridized carbons (Fsp3) is 0.172. The van der Waals surface area contributed by atoms with E-state index in [4.69, 9.17) is 9.97 Å². The van der Waals surface area contributed by atoms with E-state index in [1.54, 1.807) is 22.7 Å². The molecule has 0 atom stereocenters. The minimum Gasteiger partial charge on any atom is -0.236 e. The average Bonchev–Trinajstić information content (AvgIpc) is 3.59. The number of unbranched alkanes of at least 4 members (excludes halogenated alkanes) is 2. The largest absolute Gasteiger partial charge is 0.236 e. The van der Waals surface area contributed by atoms with Gasteiger partial charge in [-0.25, -0.2) is 19.1 Å². The number of halogens is 12. The van der Waals surface area contributed by atoms with Crippen molar-refractivity contribution in [3.63, 3.8) is 0 Å². The molecule has 20 heteroatoms. The maximum atomic E-state index is 9.87. The van der Waals surface area contributed by atoms with Gasteiger partial charge in [0.1, 0.15) is 23.1 Å². The Morgan fingerprint density at radius 1 is 0.449 bits per heavy atom. The van der Waals surface area contributed by atoms with E-state index in [2.05, 4.69) is 94.6 Å². The van der Waals surface area contributed by atoms with Crippen molar-refractivity contribution in [3.05, 3.63) is 97.6 Å². The second-order valence-electron chi connectivity index (χ2n) is 10.6. The second kappa shape index (κ2) is 12.7. The van der Waals surface area contributed by atoms with E-state index >= 15 is 0 Å². The Hall–Kier alpha value is -3.46. The summed E-state index contributed by atoms with van der Waals surface area (Å²) in [5.74, 6) is 0. The Bertz CT molecular complexity index is 1800. The normalized spacial score (nSPS) is 14.8. The molecule has 268 valence electrons. The summed E-state index contributed by atoms with van der Waals surface area (Å²) >= 11 is 3.51. The summed E-state index contributed by atoms with van der Waals surface area (Å²) in [5.41, 5.74) is 4.53. The van der Waals surface area contributed by atoms with Gasteiger partial charge in [0.25, 0.3) is 0 Å². The Morgan fingerprint density at radius 2 is 0.755 bits per heavy atom. The van der Waals surface area contributed by atoms with Crippen molar-refractivity contribution >= 4 is 58.7 Å². The molecule has 49 heavy (non-hydrogen) atoms. The van der Waals surface area contributed by atoms with E-state index < -0.39 is 15.6 Å². The summed E-state index contributed by atoms with van der Waals surface area (Å²) in [7, 11) is -21.3. The van der Waals surface area contributed by atoms with Crippen LogP contribution < -0.4 is 9.13 Å². The molecule has 6 rings (SSSR count). The van der Waals surface area contributed by atoms with E-state index in [1.165, 1.54) is 39.8 Å². The van der Waals surface area contributed by atoms with Crippen molar-refractivity contribution in [1.29, 1.82) is 0 Å². The first-order valence-electron chi connectivity index (χ1n) is 14.0. The van der Waals surface area contributed by atoms with Gasteiger partial charge >= 0.3 is 66.0 Å². The Labute approximate surface area is 278 Å². The molecule has 2 aromatic carbocycles. The van der Waals surface area contributed by atoms with Gasteiger partial charge in [-0.05, 0) is 30.7 Å². The van der Waals surface area contributed by atoms with Gasteiger partial charge in [0.05, 0.1) is 20.4 Å². The molecule has 6 aromatic rings. The van der Waals surface area contributed by atoms with Crippen LogP contribution >= 0.6 is 38.3 Å². The number of hydrogen-bond acceptors (Lipinski definition) is 4. The number of aryl methyl sites for hydroxylation is 2. The molecule has 4 heterocycles. The quantitative estimate of drug-likeness (QED) is 0.0667. The standard InChI is InChI=1S/C29H26N4S2.2F6P/c1(6-16-32-18-12-22(13-19-32)28-30-24-8-2-4-10-26(24)34-28)7-17-33-20-14-23(15-21-33)29-31-25-9-3-5-11-27(25)35-29;2*1-7(2,3,4,5)6/h2-5,8-15,18-21H,1,6-7,16-17H2;;/q+2;2*-1. The van der Waals surface area contributed by atoms with Gasteiger partial charge in [0.2, 0.25) is 0 Å². The molecule has 4 nitrogen and oxygen atoms in total. The van der Waals surface area contributed by atoms with Crippen molar-refractivity contribution in [2.75, 3.05) is 0 Å². The third-order valence-electron chi connectivity index (χ3n) is 6.20. The van der Waals surface area contributed by atoms with E-state index in [9.17, 15) is 50.4 Å². The van der Waals surface area contributed by atoms with Crippen LogP contribution in [0.3, 0.4) is 0 Å². The molecule has 0 amide bonds. The number of nitrogens with zero attached hydrogens (tertiary/aromatic N) is 4. The summed E-state index contributed by atoms with van der Waals surface area (Å²) in [6.07, 6.45) is 12.3. The minimum atomic E-state index is -10.7. The molecule has 0 saturated carbocycles. The third-order valence-corrected chi connectivity index (χ3v) is 8.37. The molecule has 0 aliphatic carbocycles. The molecular formula is C29H26F12N4P2S2. The van der Waals surface area contributed by atoms with Crippen molar-refractivity contribution in [1.82, 2.24) is 9.97 Å². The fourth-order valence-corrected chi connectivity index (χ4v) is 6.20. The van der Waals surface area contributed by atoms with E-state index in [1.807, 2.05) is 12.1 Å². The van der Waals surface area contributed by atoms with Crippen LogP contribution in [0.1, 0.15) is 19.3 Å². The Morgan fingerprint density at radius 3 is 1.06 bits per heavy atom. The second-order valence-corrected chi connectivity index (χ2v) is 16.5. The molecule has 0 unspecified atom stereocenters. The minimum absolute atomic E-state index is 1.04. The molecule has 4 aromatic heterocycles. The number of pyridine rings is 2. The first-order valence-corrected chi connectivity index (χ1v) is 19.7. The van der Waals surface area contributed by atoms with E-state index in [0.29, 0.717) is 0 Å². The molecule has 0 radical (unpaired) electrons. The number of hydrogen-bond donors (Lipinski definition) is 0. The topological polar surface area (TPSA) is 33.5 Å². The monoisotopic (exact) mass is 784 g/mol. The number of benzene rings is 2. The summed E-state index contributed by atoms with van der Waals surface area (Å²) in [4.78, 5) is 9.53. The smallest absolute Gasteiger partial charge is 0.169 e. The number of thiazole rings is 2. The van der Waals surface area contributed by atoms with Crippen LogP contribution in [0.15, 0.2) is 97.6 Å². The van der Waals surface area contributed by atoms with Crippen molar-refractivity contribution in [2.45, 2.75) is 32.4 Å². The predicted molar refractivity (Wildman–Crippen MR) is 171 cm³/mol. The first kappa shape index (κ1) is 38.3. The van der Waals surface area contributed by atoms with Gasteiger partial charge in [-0.3, -0.25) is 0 Å². The molecule has 0 fully saturated rings. The van der Waals surface area contributed by atoms with Crippen LogP contribution in [-0.4, -0.2) is 9.97 Å². The van der Waals surface area contributed by atoms with Gasteiger partial charge < -0.3 is 0 Å². The zero-order valence-electron chi connectivity index (χ0n) is 24.8. The van der Waals surface area contributed by atoms with Gasteiger partial charge in [-0.1, -0.05) is 24.3 Å². The van der Waals surface area contributed by atoms with Crippen LogP contribution in [0.25, 0.3) is 41.6 Å². The van der Waals surface area contributed by atoms with Crippen LogP contribution in [0, 0.1) is 0 Å². The Kier molecular flexibility index (Phi) is 9.94. The molecule has 0 N–H and O–H groups in total. The summed E-state index contributed by atoms with van der Waals surface area (Å²) in [6.45, 7) is 2.09. The van der Waals surface area contributed by atoms with Gasteiger partial charge in [0.15, 0.2) is 24.8 Å². The van der Waals surface area contributed by atoms with E-state index in [-0.39, 0.29) is 0 Å². The molecule has 0 bridgehead atoms.